The summed E-state index contributed by atoms with van der Waals surface area (Å²) in [6.45, 7) is 2.22. The third-order valence-corrected chi connectivity index (χ3v) is 3.95. The van der Waals surface area contributed by atoms with Gasteiger partial charge >= 0.3 is 0 Å². The van der Waals surface area contributed by atoms with E-state index >= 15 is 0 Å². The minimum atomic E-state index is 0.939. The first-order valence-corrected chi connectivity index (χ1v) is 7.39. The first kappa shape index (κ1) is 13.1. The zero-order chi connectivity index (χ0) is 12.8. The molecule has 0 amide bonds. The lowest BCUT2D eigenvalue weighted by atomic mass is 10.2. The van der Waals surface area contributed by atoms with Crippen LogP contribution in [0.15, 0.2) is 35.5 Å². The van der Waals surface area contributed by atoms with E-state index in [0.717, 1.165) is 22.3 Å². The van der Waals surface area contributed by atoms with Crippen molar-refractivity contribution in [3.63, 3.8) is 0 Å². The van der Waals surface area contributed by atoms with Crippen LogP contribution in [0.3, 0.4) is 0 Å². The molecular weight excluding hydrogens is 242 g/mol. The topological polar surface area (TPSA) is 30.7 Å². The molecule has 2 rings (SSSR count). The number of nitrogens with zero attached hydrogens (tertiary/aromatic N) is 3. The average Bonchev–Trinajstić information content (AvgIpc) is 2.77. The second-order valence-corrected chi connectivity index (χ2v) is 5.35. The molecule has 2 aromatic rings. The fourth-order valence-corrected chi connectivity index (χ4v) is 2.70. The van der Waals surface area contributed by atoms with Crippen molar-refractivity contribution >= 4 is 11.8 Å². The Labute approximate surface area is 113 Å². The van der Waals surface area contributed by atoms with Crippen LogP contribution in [0.25, 0.3) is 11.4 Å². The van der Waals surface area contributed by atoms with Crippen LogP contribution in [0.4, 0.5) is 0 Å². The van der Waals surface area contributed by atoms with E-state index in [-0.39, 0.29) is 0 Å². The summed E-state index contributed by atoms with van der Waals surface area (Å²) >= 11 is 1.79. The predicted octanol–water partition coefficient (Wildman–Crippen LogP) is 3.76. The fourth-order valence-electron chi connectivity index (χ4n) is 1.79. The van der Waals surface area contributed by atoms with Crippen molar-refractivity contribution in [3.05, 3.63) is 30.3 Å². The van der Waals surface area contributed by atoms with Gasteiger partial charge in [0.2, 0.25) is 0 Å². The lowest BCUT2D eigenvalue weighted by Crippen LogP contribution is -1.95. The van der Waals surface area contributed by atoms with Crippen LogP contribution in [-0.2, 0) is 7.05 Å². The Hall–Kier alpha value is -1.29. The van der Waals surface area contributed by atoms with Crippen LogP contribution in [0.1, 0.15) is 26.2 Å². The van der Waals surface area contributed by atoms with Crippen molar-refractivity contribution in [1.29, 1.82) is 0 Å². The maximum absolute atomic E-state index is 4.28. The molecular formula is C14H19N3S. The van der Waals surface area contributed by atoms with Gasteiger partial charge in [-0.1, -0.05) is 61.9 Å². The van der Waals surface area contributed by atoms with E-state index in [1.165, 1.54) is 19.3 Å². The van der Waals surface area contributed by atoms with Gasteiger partial charge in [0.15, 0.2) is 11.0 Å². The normalized spacial score (nSPS) is 10.8. The van der Waals surface area contributed by atoms with Crippen LogP contribution in [-0.4, -0.2) is 20.5 Å². The Bertz CT molecular complexity index is 479. The number of unbranched alkanes of at least 4 members (excludes halogenated alkanes) is 2. The Kier molecular flexibility index (Phi) is 4.81. The molecule has 0 saturated heterocycles. The average molecular weight is 261 g/mol. The molecule has 1 heterocycles. The van der Waals surface area contributed by atoms with Crippen molar-refractivity contribution < 1.29 is 0 Å². The zero-order valence-corrected chi connectivity index (χ0v) is 11.8. The highest BCUT2D eigenvalue weighted by Crippen LogP contribution is 2.23. The summed E-state index contributed by atoms with van der Waals surface area (Å²) in [6.07, 6.45) is 3.79. The van der Waals surface area contributed by atoms with Crippen LogP contribution in [0.5, 0.6) is 0 Å². The van der Waals surface area contributed by atoms with E-state index in [9.17, 15) is 0 Å². The molecule has 0 atom stereocenters. The van der Waals surface area contributed by atoms with Crippen molar-refractivity contribution in [2.75, 3.05) is 5.75 Å². The van der Waals surface area contributed by atoms with Crippen molar-refractivity contribution in [2.24, 2.45) is 7.05 Å². The molecule has 0 N–H and O–H groups in total. The summed E-state index contributed by atoms with van der Waals surface area (Å²) in [5.41, 5.74) is 1.12. The molecule has 18 heavy (non-hydrogen) atoms. The van der Waals surface area contributed by atoms with Crippen LogP contribution < -0.4 is 0 Å². The standard InChI is InChI=1S/C14H19N3S/c1-3-4-8-11-18-14-16-15-13(17(14)2)12-9-6-5-7-10-12/h5-7,9-10H,3-4,8,11H2,1-2H3. The van der Waals surface area contributed by atoms with Gasteiger partial charge in [-0.25, -0.2) is 0 Å². The van der Waals surface area contributed by atoms with Crippen molar-refractivity contribution in [1.82, 2.24) is 14.8 Å². The molecule has 4 heteroatoms. The first-order valence-electron chi connectivity index (χ1n) is 6.40. The summed E-state index contributed by atoms with van der Waals surface area (Å²) in [5.74, 6) is 2.06. The molecule has 0 fully saturated rings. The highest BCUT2D eigenvalue weighted by molar-refractivity contribution is 7.99. The lowest BCUT2D eigenvalue weighted by molar-refractivity contribution is 0.767. The Morgan fingerprint density at radius 3 is 2.61 bits per heavy atom. The second kappa shape index (κ2) is 6.59. The molecule has 0 unspecified atom stereocenters. The highest BCUT2D eigenvalue weighted by atomic mass is 32.2. The van der Waals surface area contributed by atoms with E-state index in [1.54, 1.807) is 11.8 Å². The number of aromatic nitrogens is 3. The summed E-state index contributed by atoms with van der Waals surface area (Å²) in [4.78, 5) is 0. The van der Waals surface area contributed by atoms with Gasteiger partial charge < -0.3 is 4.57 Å². The molecule has 0 radical (unpaired) electrons. The third kappa shape index (κ3) is 3.13. The SMILES string of the molecule is CCCCCSc1nnc(-c2ccccc2)n1C. The van der Waals surface area contributed by atoms with E-state index < -0.39 is 0 Å². The number of thioether (sulfide) groups is 1. The Balaban J connectivity index is 2.05. The Morgan fingerprint density at radius 2 is 1.89 bits per heavy atom. The van der Waals surface area contributed by atoms with Gasteiger partial charge in [-0.3, -0.25) is 0 Å². The predicted molar refractivity (Wildman–Crippen MR) is 76.7 cm³/mol. The monoisotopic (exact) mass is 261 g/mol. The number of rotatable bonds is 6. The van der Waals surface area contributed by atoms with Gasteiger partial charge in [0.1, 0.15) is 0 Å². The number of hydrogen-bond acceptors (Lipinski definition) is 3. The Morgan fingerprint density at radius 1 is 1.11 bits per heavy atom. The van der Waals surface area contributed by atoms with E-state index in [4.69, 9.17) is 0 Å². The van der Waals surface area contributed by atoms with Gasteiger partial charge in [-0.05, 0) is 6.42 Å². The number of benzene rings is 1. The maximum Gasteiger partial charge on any atom is 0.191 e. The molecule has 0 aliphatic rings. The fraction of sp³-hybridized carbons (Fsp3) is 0.429. The smallest absolute Gasteiger partial charge is 0.191 e. The van der Waals surface area contributed by atoms with E-state index in [0.29, 0.717) is 0 Å². The first-order chi connectivity index (χ1) is 8.83. The van der Waals surface area contributed by atoms with Crippen LogP contribution >= 0.6 is 11.8 Å². The van der Waals surface area contributed by atoms with Gasteiger partial charge in [-0.15, -0.1) is 10.2 Å². The maximum atomic E-state index is 4.28. The molecule has 1 aromatic carbocycles. The molecule has 0 spiro atoms. The molecule has 0 bridgehead atoms. The molecule has 1 aromatic heterocycles. The molecule has 0 saturated carbocycles. The third-order valence-electron chi connectivity index (χ3n) is 2.85. The summed E-state index contributed by atoms with van der Waals surface area (Å²) in [5, 5.41) is 9.55. The van der Waals surface area contributed by atoms with Gasteiger partial charge in [-0.2, -0.15) is 0 Å². The minimum absolute atomic E-state index is 0.939. The van der Waals surface area contributed by atoms with E-state index in [1.807, 2.05) is 25.2 Å². The summed E-state index contributed by atoms with van der Waals surface area (Å²) in [6, 6.07) is 10.2. The largest absolute Gasteiger partial charge is 0.305 e. The molecule has 0 aliphatic heterocycles. The number of hydrogen-bond donors (Lipinski definition) is 0. The van der Waals surface area contributed by atoms with Crippen LogP contribution in [0.2, 0.25) is 0 Å². The van der Waals surface area contributed by atoms with Crippen molar-refractivity contribution in [2.45, 2.75) is 31.3 Å². The van der Waals surface area contributed by atoms with Gasteiger partial charge in [0.25, 0.3) is 0 Å². The molecule has 0 aliphatic carbocycles. The lowest BCUT2D eigenvalue weighted by Gasteiger charge is -2.03. The minimum Gasteiger partial charge on any atom is -0.305 e. The zero-order valence-electron chi connectivity index (χ0n) is 11.0. The van der Waals surface area contributed by atoms with Crippen LogP contribution in [0, 0.1) is 0 Å². The second-order valence-electron chi connectivity index (χ2n) is 4.29. The van der Waals surface area contributed by atoms with E-state index in [2.05, 4.69) is 33.8 Å². The highest BCUT2D eigenvalue weighted by Gasteiger charge is 2.10. The van der Waals surface area contributed by atoms with Gasteiger partial charge in [0, 0.05) is 18.4 Å². The summed E-state index contributed by atoms with van der Waals surface area (Å²) in [7, 11) is 2.03. The molecule has 96 valence electrons. The van der Waals surface area contributed by atoms with Crippen molar-refractivity contribution in [3.8, 4) is 11.4 Å². The molecule has 3 nitrogen and oxygen atoms in total. The van der Waals surface area contributed by atoms with Gasteiger partial charge in [0.05, 0.1) is 0 Å². The summed E-state index contributed by atoms with van der Waals surface area (Å²) < 4.78 is 2.08. The quantitative estimate of drug-likeness (QED) is 0.586.